The molecule has 0 bridgehead atoms. The fourth-order valence-electron chi connectivity index (χ4n) is 1.83. The molecule has 1 heterocycles. The number of benzene rings is 1. The number of hydrogen-bond acceptors (Lipinski definition) is 4. The van der Waals surface area contributed by atoms with E-state index < -0.39 is 5.97 Å². The van der Waals surface area contributed by atoms with E-state index >= 15 is 0 Å². The first-order valence-corrected chi connectivity index (χ1v) is 7.38. The molecule has 0 spiro atoms. The molecule has 0 aliphatic carbocycles. The number of hydrogen-bond donors (Lipinski definition) is 0. The summed E-state index contributed by atoms with van der Waals surface area (Å²) in [5.74, 6) is -0.577. The first-order valence-electron chi connectivity index (χ1n) is 6.19. The van der Waals surface area contributed by atoms with Crippen LogP contribution in [0.3, 0.4) is 0 Å². The van der Waals surface area contributed by atoms with Crippen molar-refractivity contribution in [1.29, 1.82) is 0 Å². The van der Waals surface area contributed by atoms with E-state index in [9.17, 15) is 9.59 Å². The third-order valence-electron chi connectivity index (χ3n) is 2.86. The molecule has 1 aromatic carbocycles. The molecule has 1 aromatic heterocycles. The third kappa shape index (κ3) is 3.83. The molecule has 2 aromatic rings. The molecule has 4 nitrogen and oxygen atoms in total. The van der Waals surface area contributed by atoms with Crippen LogP contribution in [-0.2, 0) is 11.3 Å². The van der Waals surface area contributed by atoms with Gasteiger partial charge in [0.15, 0.2) is 0 Å². The van der Waals surface area contributed by atoms with Crippen molar-refractivity contribution in [3.63, 3.8) is 0 Å². The molecule has 0 unspecified atom stereocenters. The van der Waals surface area contributed by atoms with Gasteiger partial charge in [0, 0.05) is 18.6 Å². The second-order valence-electron chi connectivity index (χ2n) is 4.45. The van der Waals surface area contributed by atoms with Crippen molar-refractivity contribution >= 4 is 34.8 Å². The maximum atomic E-state index is 12.3. The van der Waals surface area contributed by atoms with Gasteiger partial charge in [0.2, 0.25) is 0 Å². The Morgan fingerprint density at radius 3 is 2.62 bits per heavy atom. The summed E-state index contributed by atoms with van der Waals surface area (Å²) in [6.45, 7) is 0.449. The van der Waals surface area contributed by atoms with Gasteiger partial charge in [-0.25, -0.2) is 4.79 Å². The predicted octanol–water partition coefficient (Wildman–Crippen LogP) is 3.46. The van der Waals surface area contributed by atoms with Gasteiger partial charge in [-0.1, -0.05) is 23.7 Å². The summed E-state index contributed by atoms with van der Waals surface area (Å²) in [5.41, 5.74) is 0.947. The Kier molecular flexibility index (Phi) is 4.98. The highest BCUT2D eigenvalue weighted by atomic mass is 35.5. The average molecular weight is 324 g/mol. The van der Waals surface area contributed by atoms with Crippen molar-refractivity contribution in [2.24, 2.45) is 0 Å². The van der Waals surface area contributed by atoms with Gasteiger partial charge >= 0.3 is 5.97 Å². The van der Waals surface area contributed by atoms with Gasteiger partial charge in [-0.15, -0.1) is 11.3 Å². The summed E-state index contributed by atoms with van der Waals surface area (Å²) in [4.78, 5) is 26.2. The van der Waals surface area contributed by atoms with Crippen LogP contribution in [0.1, 0.15) is 24.9 Å². The van der Waals surface area contributed by atoms with Gasteiger partial charge < -0.3 is 9.64 Å². The second-order valence-corrected chi connectivity index (χ2v) is 5.97. The monoisotopic (exact) mass is 323 g/mol. The molecule has 0 radical (unpaired) electrons. The Labute approximate surface area is 131 Å². The van der Waals surface area contributed by atoms with Gasteiger partial charge in [0.05, 0.1) is 12.0 Å². The number of carbonyl (C=O) groups is 2. The summed E-state index contributed by atoms with van der Waals surface area (Å²) in [6, 6.07) is 10.6. The predicted molar refractivity (Wildman–Crippen MR) is 82.9 cm³/mol. The Balaban J connectivity index is 2.08. The maximum Gasteiger partial charge on any atom is 0.348 e. The highest BCUT2D eigenvalue weighted by Crippen LogP contribution is 2.20. The lowest BCUT2D eigenvalue weighted by Crippen LogP contribution is -2.25. The number of carbonyl (C=O) groups excluding carboxylic acids is 2. The largest absolute Gasteiger partial charge is 0.465 e. The number of nitrogens with zero attached hydrogens (tertiary/aromatic N) is 1. The van der Waals surface area contributed by atoms with E-state index in [1.807, 2.05) is 18.2 Å². The van der Waals surface area contributed by atoms with Crippen molar-refractivity contribution in [2.45, 2.75) is 6.54 Å². The summed E-state index contributed by atoms with van der Waals surface area (Å²) in [7, 11) is 3.02. The number of rotatable bonds is 4. The van der Waals surface area contributed by atoms with E-state index in [0.29, 0.717) is 21.3 Å². The van der Waals surface area contributed by atoms with Crippen LogP contribution < -0.4 is 0 Å². The van der Waals surface area contributed by atoms with E-state index in [4.69, 9.17) is 11.6 Å². The molecule has 0 saturated heterocycles. The van der Waals surface area contributed by atoms with Crippen molar-refractivity contribution < 1.29 is 14.3 Å². The minimum Gasteiger partial charge on any atom is -0.465 e. The number of thiophene rings is 1. The molecule has 0 atom stereocenters. The van der Waals surface area contributed by atoms with E-state index in [1.54, 1.807) is 30.1 Å². The Morgan fingerprint density at radius 1 is 1.24 bits per heavy atom. The number of amides is 1. The highest BCUT2D eigenvalue weighted by molar-refractivity contribution is 7.15. The standard InChI is InChI=1S/C15H14ClNO3S/c1-17(9-10-4-3-5-11(16)8-10)14(18)12-6-7-13(21-12)15(19)20-2/h3-8H,9H2,1-2H3. The summed E-state index contributed by atoms with van der Waals surface area (Å²) >= 11 is 7.05. The van der Waals surface area contributed by atoms with Crippen molar-refractivity contribution in [2.75, 3.05) is 14.2 Å². The molecule has 0 fully saturated rings. The molecule has 0 saturated carbocycles. The molecule has 0 aliphatic heterocycles. The lowest BCUT2D eigenvalue weighted by atomic mass is 10.2. The van der Waals surface area contributed by atoms with Crippen LogP contribution in [0.15, 0.2) is 36.4 Å². The van der Waals surface area contributed by atoms with Crippen LogP contribution in [0.5, 0.6) is 0 Å². The zero-order chi connectivity index (χ0) is 15.4. The summed E-state index contributed by atoms with van der Waals surface area (Å²) < 4.78 is 4.63. The van der Waals surface area contributed by atoms with E-state index in [-0.39, 0.29) is 5.91 Å². The molecule has 21 heavy (non-hydrogen) atoms. The molecule has 2 rings (SSSR count). The lowest BCUT2D eigenvalue weighted by molar-refractivity contribution is 0.0606. The highest BCUT2D eigenvalue weighted by Gasteiger charge is 2.17. The average Bonchev–Trinajstić information content (AvgIpc) is 2.95. The van der Waals surface area contributed by atoms with Crippen molar-refractivity contribution in [3.05, 3.63) is 56.7 Å². The molecule has 0 N–H and O–H groups in total. The molecule has 6 heteroatoms. The van der Waals surface area contributed by atoms with Crippen LogP contribution in [0, 0.1) is 0 Å². The summed E-state index contributed by atoms with van der Waals surface area (Å²) in [5, 5.41) is 0.637. The van der Waals surface area contributed by atoms with Crippen LogP contribution in [0.25, 0.3) is 0 Å². The zero-order valence-electron chi connectivity index (χ0n) is 11.6. The Hall–Kier alpha value is -1.85. The first kappa shape index (κ1) is 15.5. The minimum absolute atomic E-state index is 0.143. The number of methoxy groups -OCH3 is 1. The van der Waals surface area contributed by atoms with Gasteiger partial charge in [0.1, 0.15) is 4.88 Å². The Morgan fingerprint density at radius 2 is 1.95 bits per heavy atom. The van der Waals surface area contributed by atoms with Gasteiger partial charge in [-0.05, 0) is 29.8 Å². The SMILES string of the molecule is COC(=O)c1ccc(C(=O)N(C)Cc2cccc(Cl)c2)s1. The van der Waals surface area contributed by atoms with Crippen LogP contribution >= 0.6 is 22.9 Å². The fourth-order valence-corrected chi connectivity index (χ4v) is 2.96. The van der Waals surface area contributed by atoms with Crippen LogP contribution in [-0.4, -0.2) is 30.9 Å². The van der Waals surface area contributed by atoms with E-state index in [1.165, 1.54) is 7.11 Å². The van der Waals surface area contributed by atoms with E-state index in [0.717, 1.165) is 16.9 Å². The van der Waals surface area contributed by atoms with Crippen LogP contribution in [0.2, 0.25) is 5.02 Å². The number of halogens is 1. The second kappa shape index (κ2) is 6.74. The van der Waals surface area contributed by atoms with Crippen LogP contribution in [0.4, 0.5) is 0 Å². The van der Waals surface area contributed by atoms with Gasteiger partial charge in [0.25, 0.3) is 5.91 Å². The molecule has 0 aliphatic rings. The quantitative estimate of drug-likeness (QED) is 0.809. The molecular weight excluding hydrogens is 310 g/mol. The normalized spacial score (nSPS) is 10.2. The smallest absolute Gasteiger partial charge is 0.348 e. The van der Waals surface area contributed by atoms with Crippen molar-refractivity contribution in [3.8, 4) is 0 Å². The molecule has 110 valence electrons. The van der Waals surface area contributed by atoms with Crippen molar-refractivity contribution in [1.82, 2.24) is 4.90 Å². The third-order valence-corrected chi connectivity index (χ3v) is 4.15. The first-order chi connectivity index (χ1) is 10.0. The molecular formula is C15H14ClNO3S. The Bertz CT molecular complexity index is 668. The van der Waals surface area contributed by atoms with Gasteiger partial charge in [-0.2, -0.15) is 0 Å². The zero-order valence-corrected chi connectivity index (χ0v) is 13.2. The van der Waals surface area contributed by atoms with Gasteiger partial charge in [-0.3, -0.25) is 4.79 Å². The maximum absolute atomic E-state index is 12.3. The minimum atomic E-state index is -0.434. The molecule has 1 amide bonds. The fraction of sp³-hybridized carbons (Fsp3) is 0.200. The lowest BCUT2D eigenvalue weighted by Gasteiger charge is -2.16. The number of esters is 1. The number of ether oxygens (including phenoxy) is 1. The summed E-state index contributed by atoms with van der Waals surface area (Å²) in [6.07, 6.45) is 0. The topological polar surface area (TPSA) is 46.6 Å². The van der Waals surface area contributed by atoms with E-state index in [2.05, 4.69) is 4.74 Å².